The maximum Gasteiger partial charge on any atom is 0.122 e. The Labute approximate surface area is 143 Å². The van der Waals surface area contributed by atoms with Gasteiger partial charge >= 0.3 is 0 Å². The lowest BCUT2D eigenvalue weighted by molar-refractivity contribution is 0.165. The van der Waals surface area contributed by atoms with E-state index in [4.69, 9.17) is 11.6 Å². The lowest BCUT2D eigenvalue weighted by atomic mass is 9.87. The fourth-order valence-corrected chi connectivity index (χ4v) is 3.99. The van der Waals surface area contributed by atoms with Gasteiger partial charge in [-0.2, -0.15) is 0 Å². The first-order chi connectivity index (χ1) is 11.1. The Hall–Kier alpha value is -1.07. The van der Waals surface area contributed by atoms with Gasteiger partial charge in [0.05, 0.1) is 0 Å². The largest absolute Gasteiger partial charge is 0.507 e. The van der Waals surface area contributed by atoms with E-state index in [9.17, 15) is 5.11 Å². The maximum absolute atomic E-state index is 9.95. The van der Waals surface area contributed by atoms with Crippen molar-refractivity contribution >= 4 is 17.7 Å². The smallest absolute Gasteiger partial charge is 0.122 e. The van der Waals surface area contributed by atoms with Gasteiger partial charge in [-0.1, -0.05) is 30.2 Å². The van der Waals surface area contributed by atoms with Gasteiger partial charge in [0.2, 0.25) is 0 Å². The highest BCUT2D eigenvalue weighted by atomic mass is 35.5. The minimum atomic E-state index is 0.280. The molecule has 0 aliphatic carbocycles. The van der Waals surface area contributed by atoms with E-state index in [0.717, 1.165) is 31.6 Å². The van der Waals surface area contributed by atoms with Gasteiger partial charge in [-0.25, -0.2) is 0 Å². The average Bonchev–Trinajstić information content (AvgIpc) is 2.93. The zero-order chi connectivity index (χ0) is 16.4. The molecule has 2 fully saturated rings. The molecule has 3 rings (SSSR count). The minimum absolute atomic E-state index is 0.280. The Morgan fingerprint density at radius 3 is 3.04 bits per heavy atom. The summed E-state index contributed by atoms with van der Waals surface area (Å²) >= 11 is 6.02. The summed E-state index contributed by atoms with van der Waals surface area (Å²) in [4.78, 5) is 2.52. The highest BCUT2D eigenvalue weighted by Crippen LogP contribution is 2.27. The molecule has 0 bridgehead atoms. The molecule has 3 atom stereocenters. The number of benzene rings is 1. The second-order valence-corrected chi connectivity index (χ2v) is 7.23. The third kappa shape index (κ3) is 3.89. The van der Waals surface area contributed by atoms with Gasteiger partial charge in [-0.3, -0.25) is 15.8 Å². The fraction of sp³-hybridized carbons (Fsp3) is 0.556. The minimum Gasteiger partial charge on any atom is -0.507 e. The summed E-state index contributed by atoms with van der Waals surface area (Å²) in [7, 11) is 0. The SMILES string of the molecule is CCC1NNC2CCN(C/C(C)=C/c3cc(Cl)ccc3O)CC12. The molecule has 1 aromatic rings. The Bertz CT molecular complexity index is 584. The Balaban J connectivity index is 1.64. The van der Waals surface area contributed by atoms with Gasteiger partial charge in [-0.05, 0) is 38.0 Å². The van der Waals surface area contributed by atoms with Gasteiger partial charge in [0.15, 0.2) is 0 Å². The van der Waals surface area contributed by atoms with E-state index in [1.54, 1.807) is 12.1 Å². The van der Waals surface area contributed by atoms with Crippen LogP contribution < -0.4 is 10.9 Å². The van der Waals surface area contributed by atoms with Crippen LogP contribution in [0.4, 0.5) is 0 Å². The van der Waals surface area contributed by atoms with Crippen molar-refractivity contribution in [3.63, 3.8) is 0 Å². The van der Waals surface area contributed by atoms with Crippen molar-refractivity contribution in [1.29, 1.82) is 0 Å². The molecule has 0 aromatic heterocycles. The zero-order valence-electron chi connectivity index (χ0n) is 13.8. The van der Waals surface area contributed by atoms with Crippen LogP contribution in [0.3, 0.4) is 0 Å². The van der Waals surface area contributed by atoms with Crippen molar-refractivity contribution in [3.05, 3.63) is 34.4 Å². The Morgan fingerprint density at radius 2 is 2.26 bits per heavy atom. The molecule has 2 saturated heterocycles. The number of halogens is 1. The number of phenolic OH excluding ortho intramolecular Hbond substituents is 1. The van der Waals surface area contributed by atoms with Crippen LogP contribution in [0.2, 0.25) is 5.02 Å². The van der Waals surface area contributed by atoms with Crippen LogP contribution in [0.25, 0.3) is 6.08 Å². The van der Waals surface area contributed by atoms with E-state index < -0.39 is 0 Å². The summed E-state index contributed by atoms with van der Waals surface area (Å²) in [5.74, 6) is 0.962. The Kier molecular flexibility index (Phi) is 5.27. The number of hydrogen-bond acceptors (Lipinski definition) is 4. The van der Waals surface area contributed by atoms with E-state index >= 15 is 0 Å². The highest BCUT2D eigenvalue weighted by molar-refractivity contribution is 6.30. The number of nitrogens with one attached hydrogen (secondary N) is 2. The molecule has 2 aliphatic heterocycles. The summed E-state index contributed by atoms with van der Waals surface area (Å²) in [6.07, 6.45) is 4.38. The van der Waals surface area contributed by atoms with Crippen molar-refractivity contribution in [1.82, 2.24) is 15.8 Å². The van der Waals surface area contributed by atoms with Gasteiger partial charge in [0.1, 0.15) is 5.75 Å². The molecule has 2 aliphatic rings. The molecule has 0 amide bonds. The van der Waals surface area contributed by atoms with Gasteiger partial charge in [0, 0.05) is 48.2 Å². The molecule has 0 radical (unpaired) electrons. The number of likely N-dealkylation sites (tertiary alicyclic amines) is 1. The van der Waals surface area contributed by atoms with Crippen LogP contribution in [0, 0.1) is 5.92 Å². The van der Waals surface area contributed by atoms with Crippen LogP contribution in [0.1, 0.15) is 32.3 Å². The molecule has 2 heterocycles. The number of aromatic hydroxyl groups is 1. The van der Waals surface area contributed by atoms with Crippen LogP contribution in [-0.2, 0) is 0 Å². The van der Waals surface area contributed by atoms with Gasteiger partial charge in [0.25, 0.3) is 0 Å². The number of hydrogen-bond donors (Lipinski definition) is 3. The fourth-order valence-electron chi connectivity index (χ4n) is 3.81. The Morgan fingerprint density at radius 1 is 1.43 bits per heavy atom. The number of nitrogens with zero attached hydrogens (tertiary/aromatic N) is 1. The molecular weight excluding hydrogens is 310 g/mol. The summed E-state index contributed by atoms with van der Waals surface area (Å²) in [6.45, 7) is 7.53. The van der Waals surface area contributed by atoms with Crippen molar-refractivity contribution < 1.29 is 5.11 Å². The van der Waals surface area contributed by atoms with E-state index in [-0.39, 0.29) is 5.75 Å². The molecule has 23 heavy (non-hydrogen) atoms. The van der Waals surface area contributed by atoms with Crippen LogP contribution >= 0.6 is 11.6 Å². The van der Waals surface area contributed by atoms with E-state index in [1.807, 2.05) is 12.1 Å². The second kappa shape index (κ2) is 7.22. The summed E-state index contributed by atoms with van der Waals surface area (Å²) in [6, 6.07) is 6.35. The maximum atomic E-state index is 9.95. The molecule has 126 valence electrons. The van der Waals surface area contributed by atoms with Gasteiger partial charge < -0.3 is 5.11 Å². The van der Waals surface area contributed by atoms with Crippen LogP contribution in [0.5, 0.6) is 5.75 Å². The first-order valence-corrected chi connectivity index (χ1v) is 8.83. The predicted molar refractivity (Wildman–Crippen MR) is 95.5 cm³/mol. The number of fused-ring (bicyclic) bond motifs is 1. The highest BCUT2D eigenvalue weighted by Gasteiger charge is 2.38. The van der Waals surface area contributed by atoms with Gasteiger partial charge in [-0.15, -0.1) is 0 Å². The third-order valence-electron chi connectivity index (χ3n) is 5.02. The van der Waals surface area contributed by atoms with Crippen molar-refractivity contribution in [3.8, 4) is 5.75 Å². The topological polar surface area (TPSA) is 47.5 Å². The average molecular weight is 336 g/mol. The van der Waals surface area contributed by atoms with Crippen molar-refractivity contribution in [2.75, 3.05) is 19.6 Å². The van der Waals surface area contributed by atoms with E-state index in [1.165, 1.54) is 12.0 Å². The lowest BCUT2D eigenvalue weighted by Crippen LogP contribution is -2.46. The van der Waals surface area contributed by atoms with E-state index in [2.05, 4.69) is 29.6 Å². The summed E-state index contributed by atoms with van der Waals surface area (Å²) in [5, 5.41) is 10.6. The molecule has 0 spiro atoms. The predicted octanol–water partition coefficient (Wildman–Crippen LogP) is 3.03. The van der Waals surface area contributed by atoms with Crippen molar-refractivity contribution in [2.45, 2.75) is 38.8 Å². The lowest BCUT2D eigenvalue weighted by Gasteiger charge is -2.36. The number of rotatable bonds is 4. The standard InChI is InChI=1S/C18H26ClN3O/c1-3-16-15-11-22(7-6-17(15)21-20-16)10-12(2)8-13-9-14(19)4-5-18(13)23/h4-5,8-9,15-17,20-21,23H,3,6-7,10-11H2,1-2H3/b12-8+. The zero-order valence-corrected chi connectivity index (χ0v) is 14.6. The van der Waals surface area contributed by atoms with Crippen molar-refractivity contribution in [2.24, 2.45) is 5.92 Å². The second-order valence-electron chi connectivity index (χ2n) is 6.79. The molecule has 5 heteroatoms. The normalized spacial score (nSPS) is 28.8. The summed E-state index contributed by atoms with van der Waals surface area (Å²) < 4.78 is 0. The van der Waals surface area contributed by atoms with Crippen LogP contribution in [-0.4, -0.2) is 41.7 Å². The summed E-state index contributed by atoms with van der Waals surface area (Å²) in [5.41, 5.74) is 8.92. The van der Waals surface area contributed by atoms with E-state index in [0.29, 0.717) is 23.0 Å². The molecule has 0 saturated carbocycles. The number of hydrazine groups is 1. The quantitative estimate of drug-likeness (QED) is 0.791. The number of piperidine rings is 1. The molecule has 4 nitrogen and oxygen atoms in total. The molecular formula is C18H26ClN3O. The van der Waals surface area contributed by atoms with Crippen LogP contribution in [0.15, 0.2) is 23.8 Å². The monoisotopic (exact) mass is 335 g/mol. The third-order valence-corrected chi connectivity index (χ3v) is 5.25. The first-order valence-electron chi connectivity index (χ1n) is 8.46. The molecule has 1 aromatic carbocycles. The number of phenols is 1. The first kappa shape index (κ1) is 16.8. The molecule has 3 unspecified atom stereocenters. The molecule has 3 N–H and O–H groups in total.